The number of rotatable bonds is 5. The number of nitrogen functional groups attached to an aromatic ring is 1. The monoisotopic (exact) mass is 381 g/mol. The second-order valence-electron chi connectivity index (χ2n) is 6.36. The molecule has 0 saturated carbocycles. The zero-order valence-corrected chi connectivity index (χ0v) is 15.8. The lowest BCUT2D eigenvalue weighted by molar-refractivity contribution is 0.104. The van der Waals surface area contributed by atoms with Crippen molar-refractivity contribution < 1.29 is 14.3 Å². The van der Waals surface area contributed by atoms with Crippen LogP contribution in [-0.2, 0) is 0 Å². The lowest BCUT2D eigenvalue weighted by Gasteiger charge is -2.12. The van der Waals surface area contributed by atoms with Gasteiger partial charge in [-0.15, -0.1) is 11.3 Å². The second kappa shape index (κ2) is 6.85. The highest BCUT2D eigenvalue weighted by Gasteiger charge is 2.18. The Hall–Kier alpha value is -3.19. The molecule has 27 heavy (non-hydrogen) atoms. The summed E-state index contributed by atoms with van der Waals surface area (Å²) in [5.41, 5.74) is 9.06. The number of thiophene rings is 1. The van der Waals surface area contributed by atoms with Crippen LogP contribution >= 0.6 is 11.3 Å². The van der Waals surface area contributed by atoms with E-state index in [2.05, 4.69) is 5.32 Å². The summed E-state index contributed by atoms with van der Waals surface area (Å²) in [5.74, 6) is 1.34. The zero-order chi connectivity index (χ0) is 19.0. The minimum atomic E-state index is -0.0819. The molecule has 0 saturated heterocycles. The van der Waals surface area contributed by atoms with E-state index in [4.69, 9.17) is 15.2 Å². The van der Waals surface area contributed by atoms with E-state index < -0.39 is 0 Å². The van der Waals surface area contributed by atoms with Gasteiger partial charge in [0.05, 0.1) is 10.7 Å². The molecule has 0 atom stereocenters. The molecular weight excluding hydrogens is 362 g/mol. The summed E-state index contributed by atoms with van der Waals surface area (Å²) >= 11 is 1.33. The maximum Gasteiger partial charge on any atom is 0.231 e. The van der Waals surface area contributed by atoms with Crippen LogP contribution in [0.15, 0.2) is 48.5 Å². The number of ketones is 1. The number of benzene rings is 2. The zero-order valence-electron chi connectivity index (χ0n) is 15.0. The molecule has 1 aliphatic rings. The van der Waals surface area contributed by atoms with Crippen LogP contribution in [0.4, 0.5) is 22.1 Å². The molecular formula is C20H19N3O3S. The Labute approximate surface area is 161 Å². The maximum atomic E-state index is 12.8. The van der Waals surface area contributed by atoms with Gasteiger partial charge >= 0.3 is 0 Å². The fraction of sp³-hybridized carbons (Fsp3) is 0.150. The first-order chi connectivity index (χ1) is 13.0. The maximum absolute atomic E-state index is 12.8. The van der Waals surface area contributed by atoms with Crippen molar-refractivity contribution in [1.29, 1.82) is 0 Å². The molecule has 0 fully saturated rings. The quantitative estimate of drug-likeness (QED) is 0.648. The van der Waals surface area contributed by atoms with Crippen molar-refractivity contribution >= 4 is 39.2 Å². The van der Waals surface area contributed by atoms with Gasteiger partial charge in [-0.1, -0.05) is 0 Å². The molecule has 2 aromatic carbocycles. The van der Waals surface area contributed by atoms with E-state index in [1.54, 1.807) is 6.07 Å². The van der Waals surface area contributed by atoms with E-state index in [1.165, 1.54) is 11.3 Å². The lowest BCUT2D eigenvalue weighted by atomic mass is 10.1. The van der Waals surface area contributed by atoms with Gasteiger partial charge in [0, 0.05) is 37.1 Å². The van der Waals surface area contributed by atoms with Crippen LogP contribution in [0.3, 0.4) is 0 Å². The molecule has 3 aromatic rings. The minimum absolute atomic E-state index is 0.0819. The Bertz CT molecular complexity index is 996. The summed E-state index contributed by atoms with van der Waals surface area (Å²) in [5, 5.41) is 4.06. The van der Waals surface area contributed by atoms with E-state index in [0.29, 0.717) is 21.9 Å². The number of carbonyl (C=O) groups excluding carboxylic acids is 1. The molecule has 6 nitrogen and oxygen atoms in total. The van der Waals surface area contributed by atoms with E-state index in [1.807, 2.05) is 61.5 Å². The van der Waals surface area contributed by atoms with Crippen LogP contribution in [0.2, 0.25) is 0 Å². The fourth-order valence-corrected chi connectivity index (χ4v) is 3.76. The van der Waals surface area contributed by atoms with Crippen LogP contribution < -0.4 is 25.4 Å². The topological polar surface area (TPSA) is 76.8 Å². The molecule has 0 aliphatic carbocycles. The van der Waals surface area contributed by atoms with Gasteiger partial charge < -0.3 is 25.4 Å². The molecule has 0 radical (unpaired) electrons. The molecule has 2 heterocycles. The third-order valence-electron chi connectivity index (χ3n) is 4.25. The smallest absolute Gasteiger partial charge is 0.231 e. The number of fused-ring (bicyclic) bond motifs is 1. The van der Waals surface area contributed by atoms with Gasteiger partial charge in [-0.05, 0) is 42.5 Å². The predicted molar refractivity (Wildman–Crippen MR) is 109 cm³/mol. The van der Waals surface area contributed by atoms with Crippen molar-refractivity contribution in [3.8, 4) is 11.5 Å². The summed E-state index contributed by atoms with van der Waals surface area (Å²) in [6.07, 6.45) is 0. The summed E-state index contributed by atoms with van der Waals surface area (Å²) in [7, 11) is 3.92. The Morgan fingerprint density at radius 2 is 1.81 bits per heavy atom. The van der Waals surface area contributed by atoms with Crippen molar-refractivity contribution in [1.82, 2.24) is 0 Å². The molecule has 4 rings (SSSR count). The number of ether oxygens (including phenoxy) is 2. The fourth-order valence-electron chi connectivity index (χ4n) is 2.80. The number of hydrogen-bond donors (Lipinski definition) is 2. The van der Waals surface area contributed by atoms with Gasteiger partial charge in [-0.2, -0.15) is 0 Å². The SMILES string of the molecule is CN(C)c1ccc(C(=O)c2sc(Nc3ccc4c(c3)OCO4)cc2N)cc1. The molecule has 7 heteroatoms. The number of nitrogens with zero attached hydrogens (tertiary/aromatic N) is 1. The number of nitrogens with two attached hydrogens (primary N) is 1. The van der Waals surface area contributed by atoms with Crippen molar-refractivity contribution in [2.45, 2.75) is 0 Å². The number of nitrogens with one attached hydrogen (secondary N) is 1. The van der Waals surface area contributed by atoms with Gasteiger partial charge in [-0.25, -0.2) is 0 Å². The molecule has 0 bridgehead atoms. The molecule has 0 unspecified atom stereocenters. The number of anilines is 4. The van der Waals surface area contributed by atoms with Crippen molar-refractivity contribution in [2.75, 3.05) is 36.8 Å². The molecule has 0 spiro atoms. The molecule has 1 aliphatic heterocycles. The predicted octanol–water partition coefficient (Wildman–Crippen LogP) is 4.10. The van der Waals surface area contributed by atoms with Gasteiger partial charge in [-0.3, -0.25) is 4.79 Å². The van der Waals surface area contributed by atoms with E-state index >= 15 is 0 Å². The molecule has 1 aromatic heterocycles. The summed E-state index contributed by atoms with van der Waals surface area (Å²) in [6, 6.07) is 14.9. The van der Waals surface area contributed by atoms with Crippen molar-refractivity contribution in [2.24, 2.45) is 0 Å². The first-order valence-electron chi connectivity index (χ1n) is 8.39. The number of hydrogen-bond acceptors (Lipinski definition) is 7. The Morgan fingerprint density at radius 1 is 1.07 bits per heavy atom. The Morgan fingerprint density at radius 3 is 2.56 bits per heavy atom. The van der Waals surface area contributed by atoms with Crippen LogP contribution in [0.1, 0.15) is 15.2 Å². The van der Waals surface area contributed by atoms with Gasteiger partial charge in [0.2, 0.25) is 12.6 Å². The van der Waals surface area contributed by atoms with Crippen molar-refractivity contribution in [3.63, 3.8) is 0 Å². The average Bonchev–Trinajstić information content (AvgIpc) is 3.27. The van der Waals surface area contributed by atoms with Crippen LogP contribution in [-0.4, -0.2) is 26.7 Å². The lowest BCUT2D eigenvalue weighted by Crippen LogP contribution is -2.09. The van der Waals surface area contributed by atoms with Crippen LogP contribution in [0, 0.1) is 0 Å². The van der Waals surface area contributed by atoms with Crippen molar-refractivity contribution in [3.05, 3.63) is 59.0 Å². The minimum Gasteiger partial charge on any atom is -0.454 e. The van der Waals surface area contributed by atoms with Gasteiger partial charge in [0.15, 0.2) is 11.5 Å². The standard InChI is InChI=1S/C20H19N3O3S/c1-23(2)14-6-3-12(4-7-14)19(24)20-15(21)10-18(27-20)22-13-5-8-16-17(9-13)26-11-25-16/h3-10,22H,11,21H2,1-2H3. The summed E-state index contributed by atoms with van der Waals surface area (Å²) < 4.78 is 10.7. The van der Waals surface area contributed by atoms with Gasteiger partial charge in [0.25, 0.3) is 0 Å². The first kappa shape index (κ1) is 17.2. The highest BCUT2D eigenvalue weighted by Crippen LogP contribution is 2.37. The first-order valence-corrected chi connectivity index (χ1v) is 9.21. The second-order valence-corrected chi connectivity index (χ2v) is 7.41. The highest BCUT2D eigenvalue weighted by molar-refractivity contribution is 7.18. The number of carbonyl (C=O) groups is 1. The van der Waals surface area contributed by atoms with Crippen LogP contribution in [0.5, 0.6) is 11.5 Å². The van der Waals surface area contributed by atoms with E-state index in [-0.39, 0.29) is 12.6 Å². The van der Waals surface area contributed by atoms with E-state index in [0.717, 1.165) is 22.1 Å². The normalized spacial score (nSPS) is 12.1. The third-order valence-corrected chi connectivity index (χ3v) is 5.32. The molecule has 0 amide bonds. The average molecular weight is 381 g/mol. The summed E-state index contributed by atoms with van der Waals surface area (Å²) in [4.78, 5) is 15.3. The largest absolute Gasteiger partial charge is 0.454 e. The van der Waals surface area contributed by atoms with E-state index in [9.17, 15) is 4.79 Å². The molecule has 138 valence electrons. The third kappa shape index (κ3) is 3.41. The Balaban J connectivity index is 1.55. The van der Waals surface area contributed by atoms with Gasteiger partial charge in [0.1, 0.15) is 4.88 Å². The highest BCUT2D eigenvalue weighted by atomic mass is 32.1. The van der Waals surface area contributed by atoms with Crippen LogP contribution in [0.25, 0.3) is 0 Å². The molecule has 3 N–H and O–H groups in total. The Kier molecular flexibility index (Phi) is 4.37. The summed E-state index contributed by atoms with van der Waals surface area (Å²) in [6.45, 7) is 0.232.